The number of fused-ring (bicyclic) bond motifs is 1. The van der Waals surface area contributed by atoms with Gasteiger partial charge in [-0.1, -0.05) is 30.3 Å². The number of anilines is 1. The van der Waals surface area contributed by atoms with Crippen molar-refractivity contribution < 1.29 is 9.53 Å². The van der Waals surface area contributed by atoms with Gasteiger partial charge < -0.3 is 10.5 Å². The second-order valence-electron chi connectivity index (χ2n) is 4.44. The van der Waals surface area contributed by atoms with Crippen LogP contribution in [-0.2, 0) is 4.79 Å². The average Bonchev–Trinajstić information content (AvgIpc) is 2.39. The van der Waals surface area contributed by atoms with E-state index in [1.807, 2.05) is 36.4 Å². The van der Waals surface area contributed by atoms with Gasteiger partial charge in [0.05, 0.1) is 6.42 Å². The van der Waals surface area contributed by atoms with Crippen LogP contribution in [0.4, 0.5) is 5.69 Å². The smallest absolute Gasteiger partial charge is 0.312 e. The van der Waals surface area contributed by atoms with E-state index >= 15 is 0 Å². The summed E-state index contributed by atoms with van der Waals surface area (Å²) < 4.78 is 5.24. The molecule has 1 aliphatic heterocycles. The molecule has 1 heterocycles. The van der Waals surface area contributed by atoms with Crippen molar-refractivity contribution >= 4 is 11.7 Å². The summed E-state index contributed by atoms with van der Waals surface area (Å²) in [6.07, 6.45) is 0.362. The summed E-state index contributed by atoms with van der Waals surface area (Å²) in [6.45, 7) is 0. The summed E-state index contributed by atoms with van der Waals surface area (Å²) in [5, 5.41) is 0. The van der Waals surface area contributed by atoms with Crippen LogP contribution < -0.4 is 10.5 Å². The van der Waals surface area contributed by atoms with Gasteiger partial charge in [0.15, 0.2) is 0 Å². The van der Waals surface area contributed by atoms with Crippen LogP contribution in [0.15, 0.2) is 48.5 Å². The molecular formula is C15H13NO2. The lowest BCUT2D eigenvalue weighted by Crippen LogP contribution is -2.21. The van der Waals surface area contributed by atoms with Gasteiger partial charge in [0.25, 0.3) is 0 Å². The molecule has 18 heavy (non-hydrogen) atoms. The Morgan fingerprint density at radius 2 is 1.89 bits per heavy atom. The monoisotopic (exact) mass is 239 g/mol. The predicted octanol–water partition coefficient (Wildman–Crippen LogP) is 2.71. The number of nitrogen functional groups attached to an aromatic ring is 1. The Kier molecular flexibility index (Phi) is 2.52. The summed E-state index contributed by atoms with van der Waals surface area (Å²) in [5.41, 5.74) is 8.60. The number of carbonyl (C=O) groups excluding carboxylic acids is 1. The Morgan fingerprint density at radius 1 is 1.11 bits per heavy atom. The molecule has 0 fully saturated rings. The van der Waals surface area contributed by atoms with E-state index < -0.39 is 0 Å². The maximum absolute atomic E-state index is 11.6. The Labute approximate surface area is 105 Å². The topological polar surface area (TPSA) is 52.3 Å². The Balaban J connectivity index is 2.12. The van der Waals surface area contributed by atoms with E-state index in [-0.39, 0.29) is 11.9 Å². The SMILES string of the molecule is Nc1ccc2c(c1)C(c1ccccc1)CC(=O)O2. The van der Waals surface area contributed by atoms with Crippen molar-refractivity contribution in [3.05, 3.63) is 59.7 Å². The van der Waals surface area contributed by atoms with Gasteiger partial charge in [-0.15, -0.1) is 0 Å². The van der Waals surface area contributed by atoms with E-state index in [1.165, 1.54) is 0 Å². The van der Waals surface area contributed by atoms with Gasteiger partial charge >= 0.3 is 5.97 Å². The highest BCUT2D eigenvalue weighted by Crippen LogP contribution is 2.39. The fourth-order valence-corrected chi connectivity index (χ4v) is 2.36. The van der Waals surface area contributed by atoms with Crippen molar-refractivity contribution in [2.24, 2.45) is 0 Å². The van der Waals surface area contributed by atoms with Gasteiger partial charge in [0.2, 0.25) is 0 Å². The standard InChI is InChI=1S/C15H13NO2/c16-11-6-7-14-13(8-11)12(9-15(17)18-14)10-4-2-1-3-5-10/h1-8,12H,9,16H2. The third kappa shape index (κ3) is 1.84. The fourth-order valence-electron chi connectivity index (χ4n) is 2.36. The fraction of sp³-hybridized carbons (Fsp3) is 0.133. The number of rotatable bonds is 1. The molecule has 3 nitrogen and oxygen atoms in total. The van der Waals surface area contributed by atoms with Crippen LogP contribution >= 0.6 is 0 Å². The van der Waals surface area contributed by atoms with Crippen LogP contribution in [0, 0.1) is 0 Å². The first-order valence-corrected chi connectivity index (χ1v) is 5.89. The molecule has 2 aromatic rings. The third-order valence-electron chi connectivity index (χ3n) is 3.21. The molecule has 1 aliphatic rings. The molecule has 0 amide bonds. The van der Waals surface area contributed by atoms with Crippen LogP contribution in [0.25, 0.3) is 0 Å². The number of hydrogen-bond acceptors (Lipinski definition) is 3. The van der Waals surface area contributed by atoms with Crippen LogP contribution in [0.2, 0.25) is 0 Å². The Morgan fingerprint density at radius 3 is 2.67 bits per heavy atom. The van der Waals surface area contributed by atoms with Gasteiger partial charge in [-0.25, -0.2) is 0 Å². The molecular weight excluding hydrogens is 226 g/mol. The minimum atomic E-state index is -0.193. The van der Waals surface area contributed by atoms with Crippen LogP contribution in [-0.4, -0.2) is 5.97 Å². The second kappa shape index (κ2) is 4.18. The minimum absolute atomic E-state index is 0.0333. The number of esters is 1. The summed E-state index contributed by atoms with van der Waals surface area (Å²) in [7, 11) is 0. The van der Waals surface area contributed by atoms with Gasteiger partial charge in [-0.3, -0.25) is 4.79 Å². The van der Waals surface area contributed by atoms with E-state index in [0.29, 0.717) is 17.9 Å². The van der Waals surface area contributed by atoms with E-state index in [2.05, 4.69) is 0 Å². The largest absolute Gasteiger partial charge is 0.426 e. The second-order valence-corrected chi connectivity index (χ2v) is 4.44. The van der Waals surface area contributed by atoms with E-state index in [4.69, 9.17) is 10.5 Å². The molecule has 1 unspecified atom stereocenters. The number of nitrogens with two attached hydrogens (primary N) is 1. The number of carbonyl (C=O) groups is 1. The number of benzene rings is 2. The van der Waals surface area contributed by atoms with Gasteiger partial charge in [0, 0.05) is 17.2 Å². The van der Waals surface area contributed by atoms with Crippen LogP contribution in [0.3, 0.4) is 0 Å². The molecule has 90 valence electrons. The quantitative estimate of drug-likeness (QED) is 0.473. The zero-order chi connectivity index (χ0) is 12.5. The van der Waals surface area contributed by atoms with E-state index in [0.717, 1.165) is 11.1 Å². The highest BCUT2D eigenvalue weighted by Gasteiger charge is 2.28. The van der Waals surface area contributed by atoms with Gasteiger partial charge in [-0.2, -0.15) is 0 Å². The highest BCUT2D eigenvalue weighted by molar-refractivity contribution is 5.78. The van der Waals surface area contributed by atoms with E-state index in [1.54, 1.807) is 12.1 Å². The van der Waals surface area contributed by atoms with Crippen molar-refractivity contribution in [3.63, 3.8) is 0 Å². The molecule has 2 aromatic carbocycles. The molecule has 1 atom stereocenters. The van der Waals surface area contributed by atoms with Gasteiger partial charge in [-0.05, 0) is 23.8 Å². The zero-order valence-electron chi connectivity index (χ0n) is 9.80. The molecule has 0 spiro atoms. The molecule has 0 radical (unpaired) electrons. The Bertz CT molecular complexity index is 593. The normalized spacial score (nSPS) is 18.0. The predicted molar refractivity (Wildman–Crippen MR) is 69.4 cm³/mol. The lowest BCUT2D eigenvalue weighted by molar-refractivity contribution is -0.135. The first-order valence-electron chi connectivity index (χ1n) is 5.89. The molecule has 0 saturated heterocycles. The zero-order valence-corrected chi connectivity index (χ0v) is 9.80. The highest BCUT2D eigenvalue weighted by atomic mass is 16.5. The van der Waals surface area contributed by atoms with Crippen molar-refractivity contribution in [1.29, 1.82) is 0 Å². The third-order valence-corrected chi connectivity index (χ3v) is 3.21. The molecule has 0 saturated carbocycles. The first kappa shape index (κ1) is 10.8. The summed E-state index contributed by atoms with van der Waals surface area (Å²) in [4.78, 5) is 11.6. The van der Waals surface area contributed by atoms with Crippen molar-refractivity contribution in [3.8, 4) is 5.75 Å². The first-order chi connectivity index (χ1) is 8.74. The van der Waals surface area contributed by atoms with Crippen LogP contribution in [0.1, 0.15) is 23.5 Å². The maximum Gasteiger partial charge on any atom is 0.312 e. The Hall–Kier alpha value is -2.29. The summed E-state index contributed by atoms with van der Waals surface area (Å²) >= 11 is 0. The van der Waals surface area contributed by atoms with Gasteiger partial charge in [0.1, 0.15) is 5.75 Å². The molecule has 0 aliphatic carbocycles. The minimum Gasteiger partial charge on any atom is -0.426 e. The number of hydrogen-bond donors (Lipinski definition) is 1. The molecule has 3 rings (SSSR count). The average molecular weight is 239 g/mol. The van der Waals surface area contributed by atoms with Crippen molar-refractivity contribution in [2.45, 2.75) is 12.3 Å². The summed E-state index contributed by atoms with van der Waals surface area (Å²) in [5.74, 6) is 0.460. The molecule has 3 heteroatoms. The lowest BCUT2D eigenvalue weighted by Gasteiger charge is -2.25. The summed E-state index contributed by atoms with van der Waals surface area (Å²) in [6, 6.07) is 15.4. The van der Waals surface area contributed by atoms with Crippen molar-refractivity contribution in [2.75, 3.05) is 5.73 Å². The molecule has 0 aromatic heterocycles. The lowest BCUT2D eigenvalue weighted by atomic mass is 9.86. The molecule has 2 N–H and O–H groups in total. The van der Waals surface area contributed by atoms with Crippen LogP contribution in [0.5, 0.6) is 5.75 Å². The van der Waals surface area contributed by atoms with Crippen molar-refractivity contribution in [1.82, 2.24) is 0 Å². The maximum atomic E-state index is 11.6. The molecule has 0 bridgehead atoms. The van der Waals surface area contributed by atoms with E-state index in [9.17, 15) is 4.79 Å². The number of ether oxygens (including phenoxy) is 1.